The van der Waals surface area contributed by atoms with E-state index in [1.807, 2.05) is 0 Å². The van der Waals surface area contributed by atoms with Gasteiger partial charge >= 0.3 is 0 Å². The molecule has 0 spiro atoms. The summed E-state index contributed by atoms with van der Waals surface area (Å²) in [6.07, 6.45) is 4.48. The molecule has 76 valence electrons. The quantitative estimate of drug-likeness (QED) is 0.610. The van der Waals surface area contributed by atoms with E-state index in [-0.39, 0.29) is 5.41 Å². The smallest absolute Gasteiger partial charge is 0.0775 e. The number of thioether (sulfide) groups is 1. The Labute approximate surface area is 88.8 Å². The Kier molecular flexibility index (Phi) is 2.81. The van der Waals surface area contributed by atoms with Gasteiger partial charge in [0.1, 0.15) is 0 Å². The van der Waals surface area contributed by atoms with E-state index in [2.05, 4.69) is 30.5 Å². The van der Waals surface area contributed by atoms with Crippen molar-refractivity contribution >= 4 is 11.8 Å². The lowest BCUT2D eigenvalue weighted by molar-refractivity contribution is 0.116. The van der Waals surface area contributed by atoms with Gasteiger partial charge in [0.2, 0.25) is 0 Å². The number of hydrogen-bond acceptors (Lipinski definition) is 3. The third-order valence-corrected chi connectivity index (χ3v) is 3.66. The highest BCUT2D eigenvalue weighted by molar-refractivity contribution is 7.98. The van der Waals surface area contributed by atoms with Crippen LogP contribution in [0.4, 0.5) is 0 Å². The molecule has 14 heavy (non-hydrogen) atoms. The SMILES string of the molecule is CSc1ccc(C2(CON)CC2)cc1. The van der Waals surface area contributed by atoms with E-state index >= 15 is 0 Å². The van der Waals surface area contributed by atoms with Crippen LogP contribution in [-0.4, -0.2) is 12.9 Å². The van der Waals surface area contributed by atoms with Gasteiger partial charge in [0.25, 0.3) is 0 Å². The predicted molar refractivity (Wildman–Crippen MR) is 59.3 cm³/mol. The van der Waals surface area contributed by atoms with Crippen LogP contribution in [0.2, 0.25) is 0 Å². The summed E-state index contributed by atoms with van der Waals surface area (Å²) in [6, 6.07) is 8.71. The molecule has 1 aromatic carbocycles. The van der Waals surface area contributed by atoms with E-state index in [4.69, 9.17) is 10.7 Å². The van der Waals surface area contributed by atoms with Crippen LogP contribution in [0.3, 0.4) is 0 Å². The lowest BCUT2D eigenvalue weighted by Gasteiger charge is -2.13. The normalized spacial score (nSPS) is 18.1. The Balaban J connectivity index is 2.16. The summed E-state index contributed by atoms with van der Waals surface area (Å²) in [4.78, 5) is 6.08. The topological polar surface area (TPSA) is 35.2 Å². The average Bonchev–Trinajstić information content (AvgIpc) is 3.00. The van der Waals surface area contributed by atoms with Gasteiger partial charge in [0.15, 0.2) is 0 Å². The van der Waals surface area contributed by atoms with Gasteiger partial charge in [-0.15, -0.1) is 11.8 Å². The van der Waals surface area contributed by atoms with Gasteiger partial charge in [-0.25, -0.2) is 5.90 Å². The summed E-state index contributed by atoms with van der Waals surface area (Å²) < 4.78 is 0. The van der Waals surface area contributed by atoms with E-state index < -0.39 is 0 Å². The third-order valence-electron chi connectivity index (χ3n) is 2.92. The molecule has 0 heterocycles. The van der Waals surface area contributed by atoms with Crippen molar-refractivity contribution in [1.29, 1.82) is 0 Å². The number of hydrogen-bond donors (Lipinski definition) is 1. The first kappa shape index (κ1) is 10.0. The van der Waals surface area contributed by atoms with Crippen LogP contribution in [-0.2, 0) is 10.3 Å². The molecule has 1 aromatic rings. The Hall–Kier alpha value is -0.510. The number of benzene rings is 1. The molecule has 0 atom stereocenters. The summed E-state index contributed by atoms with van der Waals surface area (Å²) in [7, 11) is 0. The monoisotopic (exact) mass is 209 g/mol. The summed E-state index contributed by atoms with van der Waals surface area (Å²) in [5, 5.41) is 0. The number of nitrogens with two attached hydrogens (primary N) is 1. The minimum Gasteiger partial charge on any atom is -0.304 e. The second kappa shape index (κ2) is 3.93. The van der Waals surface area contributed by atoms with Gasteiger partial charge in [0, 0.05) is 10.3 Å². The molecule has 0 bridgehead atoms. The van der Waals surface area contributed by atoms with E-state index in [9.17, 15) is 0 Å². The van der Waals surface area contributed by atoms with Crippen molar-refractivity contribution in [3.05, 3.63) is 29.8 Å². The third kappa shape index (κ3) is 1.80. The largest absolute Gasteiger partial charge is 0.304 e. The fraction of sp³-hybridized carbons (Fsp3) is 0.455. The molecule has 0 aromatic heterocycles. The van der Waals surface area contributed by atoms with Crippen LogP contribution in [0.5, 0.6) is 0 Å². The van der Waals surface area contributed by atoms with Crippen LogP contribution in [0, 0.1) is 0 Å². The minimum absolute atomic E-state index is 0.228. The van der Waals surface area contributed by atoms with Gasteiger partial charge in [-0.3, -0.25) is 0 Å². The second-order valence-corrected chi connectivity index (χ2v) is 4.70. The summed E-state index contributed by atoms with van der Waals surface area (Å²) in [6.45, 7) is 0.644. The van der Waals surface area contributed by atoms with Gasteiger partial charge in [-0.2, -0.15) is 0 Å². The summed E-state index contributed by atoms with van der Waals surface area (Å²) >= 11 is 1.77. The Bertz CT molecular complexity index is 306. The fourth-order valence-electron chi connectivity index (χ4n) is 1.77. The molecule has 0 aliphatic heterocycles. The molecular formula is C11H15NOS. The van der Waals surface area contributed by atoms with Crippen molar-refractivity contribution < 1.29 is 4.84 Å². The summed E-state index contributed by atoms with van der Waals surface area (Å²) in [5.41, 5.74) is 1.59. The van der Waals surface area contributed by atoms with Crippen molar-refractivity contribution in [2.75, 3.05) is 12.9 Å². The molecule has 2 nitrogen and oxygen atoms in total. The molecule has 0 amide bonds. The Morgan fingerprint density at radius 2 is 2.00 bits per heavy atom. The zero-order chi connectivity index (χ0) is 10.0. The molecule has 2 rings (SSSR count). The van der Waals surface area contributed by atoms with Gasteiger partial charge in [-0.05, 0) is 36.8 Å². The maximum absolute atomic E-state index is 5.14. The highest BCUT2D eigenvalue weighted by atomic mass is 32.2. The van der Waals surface area contributed by atoms with Crippen LogP contribution >= 0.6 is 11.8 Å². The second-order valence-electron chi connectivity index (χ2n) is 3.82. The lowest BCUT2D eigenvalue weighted by Crippen LogP contribution is -2.17. The van der Waals surface area contributed by atoms with Crippen molar-refractivity contribution in [1.82, 2.24) is 0 Å². The van der Waals surface area contributed by atoms with E-state index in [0.717, 1.165) is 0 Å². The molecule has 3 heteroatoms. The van der Waals surface area contributed by atoms with Gasteiger partial charge < -0.3 is 4.84 Å². The van der Waals surface area contributed by atoms with Crippen molar-refractivity contribution in [2.45, 2.75) is 23.2 Å². The molecule has 1 fully saturated rings. The van der Waals surface area contributed by atoms with Crippen molar-refractivity contribution in [2.24, 2.45) is 5.90 Å². The van der Waals surface area contributed by atoms with E-state index in [0.29, 0.717) is 6.61 Å². The van der Waals surface area contributed by atoms with E-state index in [1.54, 1.807) is 11.8 Å². The zero-order valence-electron chi connectivity index (χ0n) is 8.32. The minimum atomic E-state index is 0.228. The molecule has 1 aliphatic carbocycles. The first-order valence-electron chi connectivity index (χ1n) is 4.77. The Morgan fingerprint density at radius 3 is 2.43 bits per heavy atom. The molecule has 0 unspecified atom stereocenters. The van der Waals surface area contributed by atoms with Crippen LogP contribution in [0.25, 0.3) is 0 Å². The zero-order valence-corrected chi connectivity index (χ0v) is 9.14. The molecule has 2 N–H and O–H groups in total. The van der Waals surface area contributed by atoms with Gasteiger partial charge in [-0.1, -0.05) is 12.1 Å². The maximum atomic E-state index is 5.14. The maximum Gasteiger partial charge on any atom is 0.0775 e. The van der Waals surface area contributed by atoms with Gasteiger partial charge in [0.05, 0.1) is 6.61 Å². The lowest BCUT2D eigenvalue weighted by atomic mass is 9.97. The van der Waals surface area contributed by atoms with Crippen molar-refractivity contribution in [3.63, 3.8) is 0 Å². The molecule has 1 aliphatic rings. The molecule has 0 saturated heterocycles. The highest BCUT2D eigenvalue weighted by Gasteiger charge is 2.44. The predicted octanol–water partition coefficient (Wildman–Crippen LogP) is 2.33. The fourth-order valence-corrected chi connectivity index (χ4v) is 2.18. The standard InChI is InChI=1S/C11H15NOS/c1-14-10-4-2-9(3-5-10)11(6-7-11)8-13-12/h2-5H,6-8,12H2,1H3. The number of rotatable bonds is 4. The molecule has 1 saturated carbocycles. The van der Waals surface area contributed by atoms with Crippen LogP contribution in [0.15, 0.2) is 29.2 Å². The van der Waals surface area contributed by atoms with E-state index in [1.165, 1.54) is 23.3 Å². The van der Waals surface area contributed by atoms with Crippen LogP contribution < -0.4 is 5.90 Å². The highest BCUT2D eigenvalue weighted by Crippen LogP contribution is 2.48. The average molecular weight is 209 g/mol. The molecular weight excluding hydrogens is 194 g/mol. The van der Waals surface area contributed by atoms with Crippen LogP contribution in [0.1, 0.15) is 18.4 Å². The molecule has 0 radical (unpaired) electrons. The summed E-state index contributed by atoms with van der Waals surface area (Å²) in [5.74, 6) is 5.14. The first-order chi connectivity index (χ1) is 6.80. The van der Waals surface area contributed by atoms with Crippen molar-refractivity contribution in [3.8, 4) is 0 Å². The Morgan fingerprint density at radius 1 is 1.36 bits per heavy atom. The first-order valence-corrected chi connectivity index (χ1v) is 5.99.